The molecule has 2 aromatic heterocycles. The second-order valence-corrected chi connectivity index (χ2v) is 9.99. The number of nitrogens with one attached hydrogen (secondary N) is 1. The lowest BCUT2D eigenvalue weighted by Crippen LogP contribution is -2.17. The number of nitrogens with zero attached hydrogens (tertiary/aromatic N) is 2. The van der Waals surface area contributed by atoms with E-state index in [9.17, 15) is 9.90 Å². The highest BCUT2D eigenvalue weighted by Crippen LogP contribution is 2.48. The summed E-state index contributed by atoms with van der Waals surface area (Å²) >= 11 is 0. The van der Waals surface area contributed by atoms with Gasteiger partial charge in [-0.15, -0.1) is 0 Å². The smallest absolute Gasteiger partial charge is 0.292 e. The highest BCUT2D eigenvalue weighted by Gasteiger charge is 2.35. The van der Waals surface area contributed by atoms with Crippen molar-refractivity contribution in [3.05, 3.63) is 53.6 Å². The molecule has 2 N–H and O–H groups in total. The van der Waals surface area contributed by atoms with E-state index in [4.69, 9.17) is 14.3 Å². The van der Waals surface area contributed by atoms with Crippen LogP contribution in [-0.2, 0) is 27.5 Å². The van der Waals surface area contributed by atoms with Crippen LogP contribution in [0.3, 0.4) is 0 Å². The van der Waals surface area contributed by atoms with Crippen LogP contribution in [0, 0.1) is 0 Å². The maximum atomic E-state index is 13.3. The quantitative estimate of drug-likeness (QED) is 0.301. The summed E-state index contributed by atoms with van der Waals surface area (Å²) in [5, 5.41) is 17.6. The summed E-state index contributed by atoms with van der Waals surface area (Å²) in [5.41, 5.74) is 5.90. The number of carbonyl (C=O) groups is 2. The Balaban J connectivity index is 0.000000650. The van der Waals surface area contributed by atoms with E-state index in [1.165, 1.54) is 7.11 Å². The molecule has 2 atom stereocenters. The average molecular weight is 530 g/mol. The molecule has 39 heavy (non-hydrogen) atoms. The zero-order chi connectivity index (χ0) is 27.3. The molecule has 0 saturated carbocycles. The first-order chi connectivity index (χ1) is 19.0. The van der Waals surface area contributed by atoms with E-state index in [2.05, 4.69) is 50.4 Å². The molecule has 0 radical (unpaired) electrons. The standard InChI is InChI=1S/C28H27N3O4.C2H4O2/c1-3-10-34-16-8-9-21-18(12-16)24-25-19(13-29-28(25)33)23-17-6-4-5-7-20(17)30-14-35-22(11-15(2)32)31(21)27(24)26(23)30;1-4-2-3/h4-9,12,15,22,32H,3,10-11,13-14H2,1-2H3,(H,29,33);2H,1H3/t15-,22?;/m1./s1. The predicted molar refractivity (Wildman–Crippen MR) is 149 cm³/mol. The number of fused-ring (bicyclic) bond motifs is 9. The molecule has 2 aliphatic heterocycles. The van der Waals surface area contributed by atoms with Crippen molar-refractivity contribution in [2.24, 2.45) is 0 Å². The third-order valence-electron chi connectivity index (χ3n) is 7.47. The lowest BCUT2D eigenvalue weighted by molar-refractivity contribution is -0.126. The molecule has 0 spiro atoms. The highest BCUT2D eigenvalue weighted by molar-refractivity contribution is 6.30. The zero-order valence-corrected chi connectivity index (χ0v) is 22.2. The minimum atomic E-state index is -0.540. The average Bonchev–Trinajstić information content (AvgIpc) is 3.55. The summed E-state index contributed by atoms with van der Waals surface area (Å²) in [4.78, 5) is 22.3. The van der Waals surface area contributed by atoms with Gasteiger partial charge in [0.05, 0.1) is 47.5 Å². The first-order valence-corrected chi connectivity index (χ1v) is 13.2. The second-order valence-electron chi connectivity index (χ2n) is 9.99. The molecule has 0 bridgehead atoms. The second kappa shape index (κ2) is 9.91. The number of rotatable bonds is 6. The van der Waals surface area contributed by atoms with Crippen LogP contribution in [0.1, 0.15) is 48.8 Å². The van der Waals surface area contributed by atoms with Gasteiger partial charge in [0.1, 0.15) is 18.7 Å². The molecule has 202 valence electrons. The van der Waals surface area contributed by atoms with Crippen LogP contribution >= 0.6 is 0 Å². The van der Waals surface area contributed by atoms with Crippen molar-refractivity contribution >= 4 is 56.0 Å². The number of carbonyl (C=O) groups excluding carboxylic acids is 2. The largest absolute Gasteiger partial charge is 0.494 e. The van der Waals surface area contributed by atoms with Crippen molar-refractivity contribution in [2.75, 3.05) is 13.7 Å². The summed E-state index contributed by atoms with van der Waals surface area (Å²) < 4.78 is 20.8. The summed E-state index contributed by atoms with van der Waals surface area (Å²) in [6, 6.07) is 14.4. The normalized spacial score (nSPS) is 16.7. The van der Waals surface area contributed by atoms with Gasteiger partial charge in [-0.05, 0) is 43.2 Å². The lowest BCUT2D eigenvalue weighted by atomic mass is 9.97. The summed E-state index contributed by atoms with van der Waals surface area (Å²) in [6.07, 6.45) is 0.451. The molecule has 2 aliphatic rings. The third-order valence-corrected chi connectivity index (χ3v) is 7.47. The van der Waals surface area contributed by atoms with Crippen LogP contribution in [-0.4, -0.2) is 46.4 Å². The van der Waals surface area contributed by atoms with Crippen LogP contribution in [0.25, 0.3) is 43.6 Å². The Morgan fingerprint density at radius 1 is 1.15 bits per heavy atom. The molecule has 3 aromatic carbocycles. The van der Waals surface area contributed by atoms with Gasteiger partial charge in [-0.3, -0.25) is 9.59 Å². The van der Waals surface area contributed by atoms with Gasteiger partial charge < -0.3 is 33.8 Å². The Bertz CT molecular complexity index is 1750. The summed E-state index contributed by atoms with van der Waals surface area (Å²) in [6.45, 7) is 5.76. The van der Waals surface area contributed by atoms with E-state index in [1.807, 2.05) is 18.2 Å². The number of hydrogen-bond acceptors (Lipinski definition) is 6. The fourth-order valence-corrected chi connectivity index (χ4v) is 6.04. The molecule has 9 heteroatoms. The number of hydrogen-bond donors (Lipinski definition) is 2. The Kier molecular flexibility index (Phi) is 6.40. The van der Waals surface area contributed by atoms with Crippen molar-refractivity contribution in [3.8, 4) is 5.75 Å². The number of aromatic nitrogens is 2. The van der Waals surface area contributed by atoms with Crippen molar-refractivity contribution < 1.29 is 28.9 Å². The maximum Gasteiger partial charge on any atom is 0.292 e. The number of methoxy groups -OCH3 is 1. The van der Waals surface area contributed by atoms with E-state index < -0.39 is 6.10 Å². The molecule has 0 aliphatic carbocycles. The molecule has 5 aromatic rings. The molecule has 0 saturated heterocycles. The molecular weight excluding hydrogens is 498 g/mol. The third kappa shape index (κ3) is 3.84. The fraction of sp³-hybridized carbons (Fsp3) is 0.333. The number of para-hydroxylation sites is 1. The number of amides is 1. The topological polar surface area (TPSA) is 104 Å². The summed E-state index contributed by atoms with van der Waals surface area (Å²) in [5.74, 6) is 0.742. The Labute approximate surface area is 224 Å². The first-order valence-electron chi connectivity index (χ1n) is 13.2. The van der Waals surface area contributed by atoms with Gasteiger partial charge in [-0.1, -0.05) is 25.1 Å². The molecule has 1 unspecified atom stereocenters. The van der Waals surface area contributed by atoms with Gasteiger partial charge in [0, 0.05) is 34.5 Å². The Hall–Kier alpha value is -4.08. The Morgan fingerprint density at radius 3 is 2.69 bits per heavy atom. The maximum absolute atomic E-state index is 13.3. The molecule has 0 fully saturated rings. The zero-order valence-electron chi connectivity index (χ0n) is 22.2. The van der Waals surface area contributed by atoms with E-state index in [-0.39, 0.29) is 12.1 Å². The lowest BCUT2D eigenvalue weighted by Gasteiger charge is -2.21. The highest BCUT2D eigenvalue weighted by atomic mass is 16.5. The van der Waals surface area contributed by atoms with Crippen molar-refractivity contribution in [1.29, 1.82) is 0 Å². The van der Waals surface area contributed by atoms with E-state index in [0.29, 0.717) is 32.8 Å². The van der Waals surface area contributed by atoms with Crippen LogP contribution in [0.2, 0.25) is 0 Å². The molecule has 1 amide bonds. The van der Waals surface area contributed by atoms with Crippen LogP contribution in [0.4, 0.5) is 0 Å². The van der Waals surface area contributed by atoms with E-state index >= 15 is 0 Å². The van der Waals surface area contributed by atoms with Crippen molar-refractivity contribution in [1.82, 2.24) is 14.5 Å². The number of aliphatic hydroxyl groups excluding tert-OH is 1. The van der Waals surface area contributed by atoms with Crippen molar-refractivity contribution in [3.63, 3.8) is 0 Å². The molecular formula is C30H31N3O6. The van der Waals surface area contributed by atoms with Gasteiger partial charge in [-0.2, -0.15) is 0 Å². The number of ether oxygens (including phenoxy) is 3. The molecule has 9 nitrogen and oxygen atoms in total. The van der Waals surface area contributed by atoms with Crippen LogP contribution in [0.5, 0.6) is 5.75 Å². The van der Waals surface area contributed by atoms with Gasteiger partial charge in [-0.25, -0.2) is 0 Å². The predicted octanol–water partition coefficient (Wildman–Crippen LogP) is 4.98. The minimum Gasteiger partial charge on any atom is -0.494 e. The van der Waals surface area contributed by atoms with Crippen LogP contribution < -0.4 is 10.1 Å². The number of aliphatic hydroxyl groups is 1. The Morgan fingerprint density at radius 2 is 1.95 bits per heavy atom. The van der Waals surface area contributed by atoms with Crippen molar-refractivity contribution in [2.45, 2.75) is 52.3 Å². The number of benzene rings is 3. The first kappa shape index (κ1) is 25.2. The van der Waals surface area contributed by atoms with E-state index in [0.717, 1.165) is 66.9 Å². The van der Waals surface area contributed by atoms with E-state index in [1.54, 1.807) is 6.92 Å². The molecule has 4 heterocycles. The molecule has 7 rings (SSSR count). The van der Waals surface area contributed by atoms with Gasteiger partial charge >= 0.3 is 0 Å². The van der Waals surface area contributed by atoms with Gasteiger partial charge in [0.15, 0.2) is 0 Å². The summed E-state index contributed by atoms with van der Waals surface area (Å²) in [7, 11) is 1.31. The minimum absolute atomic E-state index is 0.0464. The van der Waals surface area contributed by atoms with Crippen LogP contribution in [0.15, 0.2) is 42.5 Å². The van der Waals surface area contributed by atoms with Gasteiger partial charge in [0.2, 0.25) is 0 Å². The monoisotopic (exact) mass is 529 g/mol. The SMILES string of the molecule is CCCOc1ccc2c(c1)c1c3c(c4c5ccccc5n5c4c1n2C(C[C@@H](C)O)OC5)CNC3=O.COC=O. The van der Waals surface area contributed by atoms with Gasteiger partial charge in [0.25, 0.3) is 12.4 Å². The fourth-order valence-electron chi connectivity index (χ4n) is 6.04.